The fraction of sp³-hybridized carbons (Fsp3) is 0. The van der Waals surface area contributed by atoms with Crippen LogP contribution in [0.25, 0.3) is 0 Å². The van der Waals surface area contributed by atoms with Gasteiger partial charge >= 0.3 is 0 Å². The van der Waals surface area contributed by atoms with Crippen LogP contribution in [0, 0.1) is 0 Å². The summed E-state index contributed by atoms with van der Waals surface area (Å²) in [5, 5.41) is 2.94. The topological polar surface area (TPSA) is 88.2 Å². The number of aromatic nitrogens is 1. The van der Waals surface area contributed by atoms with Crippen molar-refractivity contribution in [1.82, 2.24) is 4.98 Å². The van der Waals surface area contributed by atoms with Gasteiger partial charge in [-0.25, -0.2) is 8.42 Å². The molecule has 0 atom stereocenters. The summed E-state index contributed by atoms with van der Waals surface area (Å²) in [7, 11) is -3.86. The monoisotopic (exact) mass is 387 g/mol. The first-order valence-electron chi connectivity index (χ1n) is 7.54. The number of nitrogens with one attached hydrogen (secondary N) is 2. The van der Waals surface area contributed by atoms with Gasteiger partial charge in [0, 0.05) is 18.1 Å². The van der Waals surface area contributed by atoms with Gasteiger partial charge in [0.1, 0.15) is 0 Å². The molecular weight excluding hydrogens is 374 g/mol. The summed E-state index contributed by atoms with van der Waals surface area (Å²) in [6, 6.07) is 15.7. The zero-order chi connectivity index (χ0) is 18.6. The van der Waals surface area contributed by atoms with Crippen LogP contribution < -0.4 is 10.0 Å². The van der Waals surface area contributed by atoms with Crippen LogP contribution >= 0.6 is 11.6 Å². The molecule has 2 aromatic carbocycles. The number of nitrogens with zero attached hydrogens (tertiary/aromatic N) is 1. The van der Waals surface area contributed by atoms with Crippen molar-refractivity contribution in [3.63, 3.8) is 0 Å². The van der Waals surface area contributed by atoms with Crippen LogP contribution in [0.15, 0.2) is 78.0 Å². The number of hydrogen-bond donors (Lipinski definition) is 2. The molecule has 0 spiro atoms. The van der Waals surface area contributed by atoms with E-state index in [0.29, 0.717) is 11.3 Å². The first-order chi connectivity index (χ1) is 12.5. The molecule has 0 saturated carbocycles. The van der Waals surface area contributed by atoms with Gasteiger partial charge in [0.05, 0.1) is 21.2 Å². The van der Waals surface area contributed by atoms with E-state index in [9.17, 15) is 13.2 Å². The Balaban J connectivity index is 1.82. The molecule has 132 valence electrons. The zero-order valence-corrected chi connectivity index (χ0v) is 15.0. The lowest BCUT2D eigenvalue weighted by molar-refractivity contribution is 0.102. The van der Waals surface area contributed by atoms with Gasteiger partial charge in [-0.2, -0.15) is 0 Å². The molecule has 3 rings (SSSR count). The quantitative estimate of drug-likeness (QED) is 0.697. The van der Waals surface area contributed by atoms with Crippen molar-refractivity contribution < 1.29 is 13.2 Å². The van der Waals surface area contributed by atoms with Crippen LogP contribution in [0.4, 0.5) is 11.4 Å². The molecule has 6 nitrogen and oxygen atoms in total. The molecule has 0 saturated heterocycles. The highest BCUT2D eigenvalue weighted by Gasteiger charge is 2.16. The standard InChI is InChI=1S/C18H14ClN3O3S/c19-16-8-1-2-9-17(16)22-26(24,25)15-7-3-6-14(11-15)21-18(23)13-5-4-10-20-12-13/h1-12,22H,(H,21,23). The van der Waals surface area contributed by atoms with E-state index in [1.807, 2.05) is 0 Å². The van der Waals surface area contributed by atoms with Crippen LogP contribution in [0.3, 0.4) is 0 Å². The minimum atomic E-state index is -3.86. The predicted molar refractivity (Wildman–Crippen MR) is 101 cm³/mol. The van der Waals surface area contributed by atoms with Crippen molar-refractivity contribution in [2.75, 3.05) is 10.0 Å². The van der Waals surface area contributed by atoms with Gasteiger partial charge in [0.15, 0.2) is 0 Å². The van der Waals surface area contributed by atoms with Crippen LogP contribution in [-0.2, 0) is 10.0 Å². The SMILES string of the molecule is O=C(Nc1cccc(S(=O)(=O)Nc2ccccc2Cl)c1)c1cccnc1. The number of anilines is 2. The summed E-state index contributed by atoms with van der Waals surface area (Å²) < 4.78 is 27.6. The lowest BCUT2D eigenvalue weighted by Gasteiger charge is -2.11. The van der Waals surface area contributed by atoms with Gasteiger partial charge in [0.25, 0.3) is 15.9 Å². The van der Waals surface area contributed by atoms with Gasteiger partial charge < -0.3 is 5.32 Å². The third-order valence-corrected chi connectivity index (χ3v) is 5.14. The molecule has 0 aliphatic carbocycles. The molecular formula is C18H14ClN3O3S. The summed E-state index contributed by atoms with van der Waals surface area (Å²) in [5.41, 5.74) is 0.995. The first-order valence-corrected chi connectivity index (χ1v) is 9.40. The number of carbonyl (C=O) groups is 1. The Morgan fingerprint density at radius 2 is 1.81 bits per heavy atom. The molecule has 3 aromatic rings. The molecule has 0 aliphatic heterocycles. The van der Waals surface area contributed by atoms with Crippen molar-refractivity contribution in [1.29, 1.82) is 0 Å². The molecule has 1 amide bonds. The summed E-state index contributed by atoms with van der Waals surface area (Å²) >= 11 is 6.00. The Kier molecular flexibility index (Phi) is 5.20. The van der Waals surface area contributed by atoms with Crippen molar-refractivity contribution in [3.8, 4) is 0 Å². The first kappa shape index (κ1) is 17.9. The molecule has 1 heterocycles. The van der Waals surface area contributed by atoms with Crippen LogP contribution in [0.1, 0.15) is 10.4 Å². The Morgan fingerprint density at radius 3 is 2.54 bits per heavy atom. The van der Waals surface area contributed by atoms with Crippen molar-refractivity contribution in [2.45, 2.75) is 4.90 Å². The van der Waals surface area contributed by atoms with E-state index in [4.69, 9.17) is 11.6 Å². The molecule has 1 aromatic heterocycles. The van der Waals surface area contributed by atoms with Crippen LogP contribution in [-0.4, -0.2) is 19.3 Å². The van der Waals surface area contributed by atoms with Gasteiger partial charge in [-0.15, -0.1) is 0 Å². The highest BCUT2D eigenvalue weighted by molar-refractivity contribution is 7.92. The maximum absolute atomic E-state index is 12.6. The number of carbonyl (C=O) groups excluding carboxylic acids is 1. The normalized spacial score (nSPS) is 11.0. The Morgan fingerprint density at radius 1 is 1.00 bits per heavy atom. The largest absolute Gasteiger partial charge is 0.322 e. The number of benzene rings is 2. The zero-order valence-electron chi connectivity index (χ0n) is 13.4. The molecule has 0 bridgehead atoms. The third-order valence-electron chi connectivity index (χ3n) is 3.44. The molecule has 0 fully saturated rings. The van der Waals surface area contributed by atoms with E-state index in [-0.39, 0.29) is 21.5 Å². The highest BCUT2D eigenvalue weighted by atomic mass is 35.5. The van der Waals surface area contributed by atoms with Gasteiger partial charge in [-0.3, -0.25) is 14.5 Å². The number of sulfonamides is 1. The van der Waals surface area contributed by atoms with E-state index in [0.717, 1.165) is 0 Å². The maximum Gasteiger partial charge on any atom is 0.262 e. The fourth-order valence-corrected chi connectivity index (χ4v) is 3.55. The second kappa shape index (κ2) is 7.55. The summed E-state index contributed by atoms with van der Waals surface area (Å²) in [6.07, 6.45) is 2.99. The molecule has 8 heteroatoms. The number of para-hydroxylation sites is 1. The number of amides is 1. The van der Waals surface area contributed by atoms with E-state index in [2.05, 4.69) is 15.0 Å². The minimum absolute atomic E-state index is 0.00130. The lowest BCUT2D eigenvalue weighted by atomic mass is 10.2. The second-order valence-corrected chi connectivity index (χ2v) is 7.40. The molecule has 0 aliphatic rings. The van der Waals surface area contributed by atoms with E-state index in [1.54, 1.807) is 54.7 Å². The number of pyridine rings is 1. The minimum Gasteiger partial charge on any atom is -0.322 e. The Hall–Kier alpha value is -2.90. The van der Waals surface area contributed by atoms with E-state index < -0.39 is 10.0 Å². The summed E-state index contributed by atoms with van der Waals surface area (Å²) in [4.78, 5) is 16.1. The smallest absolute Gasteiger partial charge is 0.262 e. The third kappa shape index (κ3) is 4.19. The van der Waals surface area contributed by atoms with Gasteiger partial charge in [-0.05, 0) is 42.5 Å². The second-order valence-electron chi connectivity index (χ2n) is 5.31. The van der Waals surface area contributed by atoms with Crippen molar-refractivity contribution in [3.05, 3.63) is 83.6 Å². The van der Waals surface area contributed by atoms with E-state index >= 15 is 0 Å². The average molecular weight is 388 g/mol. The van der Waals surface area contributed by atoms with Crippen molar-refractivity contribution >= 4 is 38.9 Å². The Bertz CT molecular complexity index is 1040. The molecule has 0 unspecified atom stereocenters. The highest BCUT2D eigenvalue weighted by Crippen LogP contribution is 2.25. The molecule has 2 N–H and O–H groups in total. The van der Waals surface area contributed by atoms with Gasteiger partial charge in [-0.1, -0.05) is 29.8 Å². The summed E-state index contributed by atoms with van der Waals surface area (Å²) in [6.45, 7) is 0. The average Bonchev–Trinajstić information content (AvgIpc) is 2.64. The lowest BCUT2D eigenvalue weighted by Crippen LogP contribution is -2.15. The van der Waals surface area contributed by atoms with Crippen LogP contribution in [0.5, 0.6) is 0 Å². The number of hydrogen-bond acceptors (Lipinski definition) is 4. The Labute approximate surface area is 155 Å². The van der Waals surface area contributed by atoms with Gasteiger partial charge in [0.2, 0.25) is 0 Å². The number of rotatable bonds is 5. The predicted octanol–water partition coefficient (Wildman–Crippen LogP) is 3.79. The van der Waals surface area contributed by atoms with E-state index in [1.165, 1.54) is 18.3 Å². The van der Waals surface area contributed by atoms with Crippen LogP contribution in [0.2, 0.25) is 5.02 Å². The fourth-order valence-electron chi connectivity index (χ4n) is 2.19. The maximum atomic E-state index is 12.6. The molecule has 26 heavy (non-hydrogen) atoms. The number of halogens is 1. The summed E-state index contributed by atoms with van der Waals surface area (Å²) in [5.74, 6) is -0.383. The van der Waals surface area contributed by atoms with Crippen molar-refractivity contribution in [2.24, 2.45) is 0 Å². The molecule has 0 radical (unpaired) electrons.